The highest BCUT2D eigenvalue weighted by atomic mass is 16.5. The highest BCUT2D eigenvalue weighted by Gasteiger charge is 2.17. The van der Waals surface area contributed by atoms with Gasteiger partial charge in [-0.1, -0.05) is 0 Å². The van der Waals surface area contributed by atoms with Crippen LogP contribution in [0.25, 0.3) is 0 Å². The van der Waals surface area contributed by atoms with Gasteiger partial charge in [-0.3, -0.25) is 9.89 Å². The molecule has 0 amide bonds. The Hall–Kier alpha value is -0.810. The van der Waals surface area contributed by atoms with Crippen molar-refractivity contribution in [1.82, 2.24) is 14.7 Å². The number of guanidine groups is 1. The van der Waals surface area contributed by atoms with E-state index in [1.165, 1.54) is 0 Å². The second-order valence-electron chi connectivity index (χ2n) is 4.93. The largest absolute Gasteiger partial charge is 0.379 e. The van der Waals surface area contributed by atoms with Crippen LogP contribution in [0.5, 0.6) is 0 Å². The summed E-state index contributed by atoms with van der Waals surface area (Å²) in [5.41, 5.74) is 0. The third-order valence-corrected chi connectivity index (χ3v) is 2.97. The summed E-state index contributed by atoms with van der Waals surface area (Å²) in [5.74, 6) is 1.02. The second kappa shape index (κ2) is 6.81. The van der Waals surface area contributed by atoms with E-state index < -0.39 is 0 Å². The zero-order valence-electron chi connectivity index (χ0n) is 11.8. The molecule has 17 heavy (non-hydrogen) atoms. The first-order valence-electron chi connectivity index (χ1n) is 6.23. The van der Waals surface area contributed by atoms with E-state index in [9.17, 15) is 0 Å². The number of hydrogen-bond acceptors (Lipinski definition) is 3. The van der Waals surface area contributed by atoms with E-state index >= 15 is 0 Å². The first kappa shape index (κ1) is 14.3. The van der Waals surface area contributed by atoms with Crippen LogP contribution in [0.15, 0.2) is 4.99 Å². The maximum Gasteiger partial charge on any atom is 0.195 e. The molecule has 0 aromatic rings. The predicted octanol–water partition coefficient (Wildman–Crippen LogP) is 0.186. The molecular weight excluding hydrogens is 216 g/mol. The molecule has 1 aliphatic rings. The van der Waals surface area contributed by atoms with Crippen LogP contribution >= 0.6 is 0 Å². The Balaban J connectivity index is 2.48. The standard InChI is InChI=1S/C12H26N4O/c1-11(16-6-8-17-9-7-16)10-13-12(14(2)3)15(4)5/h11H,6-10H2,1-5H3. The van der Waals surface area contributed by atoms with Crippen molar-refractivity contribution in [3.8, 4) is 0 Å². The molecular formula is C12H26N4O. The smallest absolute Gasteiger partial charge is 0.195 e. The van der Waals surface area contributed by atoms with Crippen LogP contribution < -0.4 is 0 Å². The highest BCUT2D eigenvalue weighted by Crippen LogP contribution is 2.04. The van der Waals surface area contributed by atoms with Crippen molar-refractivity contribution in [3.05, 3.63) is 0 Å². The van der Waals surface area contributed by atoms with Crippen LogP contribution in [0.3, 0.4) is 0 Å². The minimum absolute atomic E-state index is 0.480. The summed E-state index contributed by atoms with van der Waals surface area (Å²) in [6.45, 7) is 6.82. The maximum absolute atomic E-state index is 5.36. The zero-order valence-corrected chi connectivity index (χ0v) is 11.8. The molecule has 1 unspecified atom stereocenters. The fraction of sp³-hybridized carbons (Fsp3) is 0.917. The summed E-state index contributed by atoms with van der Waals surface area (Å²) >= 11 is 0. The van der Waals surface area contributed by atoms with Crippen molar-refractivity contribution in [2.24, 2.45) is 4.99 Å². The van der Waals surface area contributed by atoms with E-state index in [0.29, 0.717) is 6.04 Å². The molecule has 0 spiro atoms. The number of rotatable bonds is 3. The van der Waals surface area contributed by atoms with Gasteiger partial charge in [0.25, 0.3) is 0 Å². The molecule has 1 saturated heterocycles. The first-order chi connectivity index (χ1) is 8.02. The lowest BCUT2D eigenvalue weighted by Gasteiger charge is -2.32. The fourth-order valence-electron chi connectivity index (χ4n) is 2.03. The van der Waals surface area contributed by atoms with Gasteiger partial charge in [-0.2, -0.15) is 0 Å². The van der Waals surface area contributed by atoms with Crippen LogP contribution in [-0.4, -0.2) is 87.7 Å². The lowest BCUT2D eigenvalue weighted by atomic mass is 10.2. The Kier molecular flexibility index (Phi) is 5.71. The maximum atomic E-state index is 5.36. The Morgan fingerprint density at radius 3 is 2.18 bits per heavy atom. The third-order valence-electron chi connectivity index (χ3n) is 2.97. The number of ether oxygens (including phenoxy) is 1. The summed E-state index contributed by atoms with van der Waals surface area (Å²) in [6, 6.07) is 0.480. The summed E-state index contributed by atoms with van der Waals surface area (Å²) < 4.78 is 5.36. The van der Waals surface area contributed by atoms with Crippen molar-refractivity contribution in [3.63, 3.8) is 0 Å². The Morgan fingerprint density at radius 2 is 1.71 bits per heavy atom. The van der Waals surface area contributed by atoms with Gasteiger partial charge in [-0.15, -0.1) is 0 Å². The average molecular weight is 242 g/mol. The van der Waals surface area contributed by atoms with Gasteiger partial charge in [-0.25, -0.2) is 0 Å². The van der Waals surface area contributed by atoms with Gasteiger partial charge in [0.15, 0.2) is 5.96 Å². The Morgan fingerprint density at radius 1 is 1.18 bits per heavy atom. The van der Waals surface area contributed by atoms with Crippen molar-refractivity contribution < 1.29 is 4.74 Å². The average Bonchev–Trinajstić information content (AvgIpc) is 2.29. The molecule has 0 aromatic heterocycles. The Labute approximate surface area is 105 Å². The molecule has 100 valence electrons. The molecule has 1 heterocycles. The van der Waals surface area contributed by atoms with E-state index in [1.807, 2.05) is 38.0 Å². The molecule has 1 fully saturated rings. The predicted molar refractivity (Wildman–Crippen MR) is 71.5 cm³/mol. The summed E-state index contributed by atoms with van der Waals surface area (Å²) in [4.78, 5) is 11.2. The first-order valence-corrected chi connectivity index (χ1v) is 6.23. The molecule has 0 aliphatic carbocycles. The molecule has 1 rings (SSSR count). The molecule has 0 N–H and O–H groups in total. The minimum atomic E-state index is 0.480. The molecule has 0 radical (unpaired) electrons. The number of morpholine rings is 1. The van der Waals surface area contributed by atoms with Gasteiger partial charge in [-0.05, 0) is 6.92 Å². The summed E-state index contributed by atoms with van der Waals surface area (Å²) in [6.07, 6.45) is 0. The highest BCUT2D eigenvalue weighted by molar-refractivity contribution is 5.79. The quantitative estimate of drug-likeness (QED) is 0.522. The SMILES string of the molecule is CC(CN=C(N(C)C)N(C)C)N1CCOCC1. The summed E-state index contributed by atoms with van der Waals surface area (Å²) in [5, 5.41) is 0. The van der Waals surface area contributed by atoms with Crippen molar-refractivity contribution in [2.75, 3.05) is 61.0 Å². The lowest BCUT2D eigenvalue weighted by molar-refractivity contribution is 0.0220. The normalized spacial score (nSPS) is 18.6. The third kappa shape index (κ3) is 4.52. The van der Waals surface area contributed by atoms with E-state index in [1.54, 1.807) is 0 Å². The molecule has 0 aromatic carbocycles. The second-order valence-corrected chi connectivity index (χ2v) is 4.93. The van der Waals surface area contributed by atoms with Gasteiger partial charge in [0, 0.05) is 47.3 Å². The van der Waals surface area contributed by atoms with Crippen molar-refractivity contribution in [2.45, 2.75) is 13.0 Å². The van der Waals surface area contributed by atoms with Gasteiger partial charge < -0.3 is 14.5 Å². The van der Waals surface area contributed by atoms with E-state index in [0.717, 1.165) is 38.8 Å². The molecule has 0 saturated carbocycles. The zero-order chi connectivity index (χ0) is 12.8. The van der Waals surface area contributed by atoms with Crippen LogP contribution in [0, 0.1) is 0 Å². The molecule has 0 bridgehead atoms. The molecule has 1 atom stereocenters. The molecule has 1 aliphatic heterocycles. The topological polar surface area (TPSA) is 31.3 Å². The number of aliphatic imine (C=N–C) groups is 1. The molecule has 5 nitrogen and oxygen atoms in total. The number of nitrogens with zero attached hydrogens (tertiary/aromatic N) is 4. The molecule has 5 heteroatoms. The lowest BCUT2D eigenvalue weighted by Crippen LogP contribution is -2.44. The monoisotopic (exact) mass is 242 g/mol. The fourth-order valence-corrected chi connectivity index (χ4v) is 2.03. The van der Waals surface area contributed by atoms with Crippen LogP contribution in [0.2, 0.25) is 0 Å². The van der Waals surface area contributed by atoms with Crippen molar-refractivity contribution in [1.29, 1.82) is 0 Å². The number of hydrogen-bond donors (Lipinski definition) is 0. The van der Waals surface area contributed by atoms with E-state index in [-0.39, 0.29) is 0 Å². The van der Waals surface area contributed by atoms with Crippen molar-refractivity contribution >= 4 is 5.96 Å². The van der Waals surface area contributed by atoms with Gasteiger partial charge >= 0.3 is 0 Å². The van der Waals surface area contributed by atoms with Crippen LogP contribution in [-0.2, 0) is 4.74 Å². The minimum Gasteiger partial charge on any atom is -0.379 e. The van der Waals surface area contributed by atoms with Gasteiger partial charge in [0.05, 0.1) is 19.8 Å². The van der Waals surface area contributed by atoms with E-state index in [2.05, 4.69) is 16.8 Å². The van der Waals surface area contributed by atoms with E-state index in [4.69, 9.17) is 4.74 Å². The van der Waals surface area contributed by atoms with Crippen LogP contribution in [0.1, 0.15) is 6.92 Å². The van der Waals surface area contributed by atoms with Gasteiger partial charge in [0.2, 0.25) is 0 Å². The van der Waals surface area contributed by atoms with Crippen LogP contribution in [0.4, 0.5) is 0 Å². The van der Waals surface area contributed by atoms with Gasteiger partial charge in [0.1, 0.15) is 0 Å². The Bertz CT molecular complexity index is 237. The summed E-state index contributed by atoms with van der Waals surface area (Å²) in [7, 11) is 8.10.